The van der Waals surface area contributed by atoms with E-state index in [-0.39, 0.29) is 17.9 Å². The lowest BCUT2D eigenvalue weighted by molar-refractivity contribution is 0.0970. The second kappa shape index (κ2) is 6.39. The van der Waals surface area contributed by atoms with Crippen LogP contribution in [0.2, 0.25) is 0 Å². The van der Waals surface area contributed by atoms with Crippen LogP contribution in [0.25, 0.3) is 11.0 Å². The SMILES string of the molecule is CC[C@@H](C)c1ccc(C(=O)Cn2cnc3c(cnn3C)c2=O)cc1. The Kier molecular flexibility index (Phi) is 4.29. The van der Waals surface area contributed by atoms with E-state index in [0.29, 0.717) is 22.5 Å². The van der Waals surface area contributed by atoms with Crippen LogP contribution in [-0.4, -0.2) is 25.1 Å². The molecule has 0 saturated carbocycles. The van der Waals surface area contributed by atoms with Crippen molar-refractivity contribution >= 4 is 16.8 Å². The van der Waals surface area contributed by atoms with Crippen LogP contribution in [0.15, 0.2) is 41.6 Å². The summed E-state index contributed by atoms with van der Waals surface area (Å²) in [6, 6.07) is 7.61. The maximum atomic E-state index is 12.4. The number of aryl methyl sites for hydroxylation is 1. The van der Waals surface area contributed by atoms with Crippen molar-refractivity contribution < 1.29 is 4.79 Å². The zero-order chi connectivity index (χ0) is 17.3. The molecule has 2 heterocycles. The van der Waals surface area contributed by atoms with E-state index in [1.54, 1.807) is 7.05 Å². The highest BCUT2D eigenvalue weighted by Crippen LogP contribution is 2.19. The summed E-state index contributed by atoms with van der Waals surface area (Å²) >= 11 is 0. The molecule has 3 rings (SSSR count). The van der Waals surface area contributed by atoms with E-state index in [0.717, 1.165) is 6.42 Å². The quantitative estimate of drug-likeness (QED) is 0.676. The van der Waals surface area contributed by atoms with Crippen LogP contribution in [0.5, 0.6) is 0 Å². The van der Waals surface area contributed by atoms with Gasteiger partial charge in [-0.3, -0.25) is 18.8 Å². The molecule has 6 nitrogen and oxygen atoms in total. The normalized spacial score (nSPS) is 12.5. The van der Waals surface area contributed by atoms with Crippen LogP contribution in [0, 0.1) is 0 Å². The maximum Gasteiger partial charge on any atom is 0.264 e. The monoisotopic (exact) mass is 324 g/mol. The Bertz CT molecular complexity index is 938. The summed E-state index contributed by atoms with van der Waals surface area (Å²) < 4.78 is 2.87. The minimum absolute atomic E-state index is 0.0284. The lowest BCUT2D eigenvalue weighted by Crippen LogP contribution is -2.24. The van der Waals surface area contributed by atoms with Gasteiger partial charge in [0.15, 0.2) is 11.4 Å². The number of fused-ring (bicyclic) bond motifs is 1. The minimum Gasteiger partial charge on any atom is -0.292 e. The van der Waals surface area contributed by atoms with Crippen molar-refractivity contribution in [1.29, 1.82) is 0 Å². The molecule has 0 spiro atoms. The Morgan fingerprint density at radius 1 is 1.25 bits per heavy atom. The third-order valence-corrected chi connectivity index (χ3v) is 4.45. The maximum absolute atomic E-state index is 12.4. The van der Waals surface area contributed by atoms with Gasteiger partial charge >= 0.3 is 0 Å². The van der Waals surface area contributed by atoms with Gasteiger partial charge in [0, 0.05) is 12.6 Å². The Morgan fingerprint density at radius 3 is 2.62 bits per heavy atom. The average molecular weight is 324 g/mol. The Balaban J connectivity index is 1.84. The molecular formula is C18H20N4O2. The Morgan fingerprint density at radius 2 is 1.96 bits per heavy atom. The summed E-state index contributed by atoms with van der Waals surface area (Å²) in [6.45, 7) is 4.27. The van der Waals surface area contributed by atoms with E-state index in [9.17, 15) is 9.59 Å². The first-order valence-electron chi connectivity index (χ1n) is 8.01. The number of carbonyl (C=O) groups excluding carboxylic acids is 1. The summed E-state index contributed by atoms with van der Waals surface area (Å²) in [5.74, 6) is 0.354. The fourth-order valence-electron chi connectivity index (χ4n) is 2.66. The standard InChI is InChI=1S/C18H20N4O2/c1-4-12(2)13-5-7-14(8-6-13)16(23)10-22-11-19-17-15(18(22)24)9-20-21(17)3/h5-9,11-12H,4,10H2,1-3H3/t12-/m1/s1. The van der Waals surface area contributed by atoms with E-state index in [4.69, 9.17) is 0 Å². The molecule has 0 bridgehead atoms. The van der Waals surface area contributed by atoms with Crippen LogP contribution >= 0.6 is 0 Å². The van der Waals surface area contributed by atoms with Gasteiger partial charge in [-0.25, -0.2) is 4.98 Å². The van der Waals surface area contributed by atoms with E-state index in [2.05, 4.69) is 23.9 Å². The molecule has 0 radical (unpaired) electrons. The van der Waals surface area contributed by atoms with Crippen molar-refractivity contribution in [2.45, 2.75) is 32.7 Å². The molecule has 2 aromatic heterocycles. The highest BCUT2D eigenvalue weighted by molar-refractivity contribution is 5.96. The van der Waals surface area contributed by atoms with Gasteiger partial charge in [-0.2, -0.15) is 5.10 Å². The van der Waals surface area contributed by atoms with Crippen LogP contribution < -0.4 is 5.56 Å². The minimum atomic E-state index is -0.252. The molecule has 1 atom stereocenters. The van der Waals surface area contributed by atoms with Gasteiger partial charge < -0.3 is 0 Å². The molecular weight excluding hydrogens is 304 g/mol. The predicted octanol–water partition coefficient (Wildman–Crippen LogP) is 2.53. The van der Waals surface area contributed by atoms with Crippen LogP contribution in [0.4, 0.5) is 0 Å². The molecule has 0 N–H and O–H groups in total. The number of benzene rings is 1. The van der Waals surface area contributed by atoms with Crippen molar-refractivity contribution in [2.75, 3.05) is 0 Å². The molecule has 0 unspecified atom stereocenters. The first-order valence-corrected chi connectivity index (χ1v) is 8.01. The third-order valence-electron chi connectivity index (χ3n) is 4.45. The fraction of sp³-hybridized carbons (Fsp3) is 0.333. The van der Waals surface area contributed by atoms with Crippen molar-refractivity contribution in [3.05, 3.63) is 58.3 Å². The molecule has 0 fully saturated rings. The Hall–Kier alpha value is -2.76. The number of nitrogens with zero attached hydrogens (tertiary/aromatic N) is 4. The lowest BCUT2D eigenvalue weighted by Gasteiger charge is -2.10. The van der Waals surface area contributed by atoms with E-state index in [1.807, 2.05) is 24.3 Å². The molecule has 124 valence electrons. The first kappa shape index (κ1) is 16.1. The zero-order valence-corrected chi connectivity index (χ0v) is 14.1. The van der Waals surface area contributed by atoms with Gasteiger partial charge in [0.1, 0.15) is 11.7 Å². The highest BCUT2D eigenvalue weighted by Gasteiger charge is 2.12. The summed E-state index contributed by atoms with van der Waals surface area (Å²) in [5.41, 5.74) is 2.07. The first-order chi connectivity index (χ1) is 11.5. The summed E-state index contributed by atoms with van der Waals surface area (Å²) in [6.07, 6.45) is 3.93. The number of Topliss-reactive ketones (excluding diaryl/α,β-unsaturated/α-hetero) is 1. The van der Waals surface area contributed by atoms with Gasteiger partial charge in [0.05, 0.1) is 12.7 Å². The highest BCUT2D eigenvalue weighted by atomic mass is 16.1. The van der Waals surface area contributed by atoms with Crippen LogP contribution in [-0.2, 0) is 13.6 Å². The molecule has 1 aromatic carbocycles. The number of carbonyl (C=O) groups is 1. The molecule has 6 heteroatoms. The third kappa shape index (κ3) is 2.87. The second-order valence-electron chi connectivity index (χ2n) is 6.04. The predicted molar refractivity (Wildman–Crippen MR) is 92.2 cm³/mol. The summed E-state index contributed by atoms with van der Waals surface area (Å²) in [4.78, 5) is 29.1. The van der Waals surface area contributed by atoms with Gasteiger partial charge in [-0.05, 0) is 17.9 Å². The zero-order valence-electron chi connectivity index (χ0n) is 14.1. The Labute approximate surface area is 139 Å². The number of aromatic nitrogens is 4. The lowest BCUT2D eigenvalue weighted by atomic mass is 9.97. The number of ketones is 1. The molecule has 0 saturated heterocycles. The van der Waals surface area contributed by atoms with Crippen LogP contribution in [0.1, 0.15) is 42.1 Å². The van der Waals surface area contributed by atoms with E-state index in [1.165, 1.54) is 27.3 Å². The molecule has 3 aromatic rings. The van der Waals surface area contributed by atoms with E-state index >= 15 is 0 Å². The molecule has 0 amide bonds. The molecule has 24 heavy (non-hydrogen) atoms. The van der Waals surface area contributed by atoms with Crippen LogP contribution in [0.3, 0.4) is 0 Å². The van der Waals surface area contributed by atoms with Crippen molar-refractivity contribution in [3.8, 4) is 0 Å². The number of hydrogen-bond acceptors (Lipinski definition) is 4. The van der Waals surface area contributed by atoms with E-state index < -0.39 is 0 Å². The van der Waals surface area contributed by atoms with Crippen molar-refractivity contribution in [3.63, 3.8) is 0 Å². The van der Waals surface area contributed by atoms with Gasteiger partial charge in [-0.15, -0.1) is 0 Å². The van der Waals surface area contributed by atoms with Gasteiger partial charge in [0.25, 0.3) is 5.56 Å². The smallest absolute Gasteiger partial charge is 0.264 e. The molecule has 0 aliphatic carbocycles. The van der Waals surface area contributed by atoms with Gasteiger partial charge in [-0.1, -0.05) is 38.1 Å². The van der Waals surface area contributed by atoms with Gasteiger partial charge in [0.2, 0.25) is 0 Å². The molecule has 0 aliphatic heterocycles. The average Bonchev–Trinajstić information content (AvgIpc) is 2.98. The number of rotatable bonds is 5. The summed E-state index contributed by atoms with van der Waals surface area (Å²) in [7, 11) is 1.73. The molecule has 0 aliphatic rings. The topological polar surface area (TPSA) is 69.8 Å². The fourth-order valence-corrected chi connectivity index (χ4v) is 2.66. The largest absolute Gasteiger partial charge is 0.292 e. The van der Waals surface area contributed by atoms with Crippen molar-refractivity contribution in [1.82, 2.24) is 19.3 Å². The number of hydrogen-bond donors (Lipinski definition) is 0. The summed E-state index contributed by atoms with van der Waals surface area (Å²) in [5, 5.41) is 4.44. The second-order valence-corrected chi connectivity index (χ2v) is 6.04. The van der Waals surface area contributed by atoms with Crippen molar-refractivity contribution in [2.24, 2.45) is 7.05 Å².